The molecule has 1 heterocycles. The number of carboxylic acid groups (broad SMARTS) is 1. The van der Waals surface area contributed by atoms with Gasteiger partial charge in [0.25, 0.3) is 0 Å². The van der Waals surface area contributed by atoms with Crippen LogP contribution in [0.4, 0.5) is 4.79 Å². The minimum absolute atomic E-state index is 0.123. The van der Waals surface area contributed by atoms with E-state index in [1.54, 1.807) is 0 Å². The van der Waals surface area contributed by atoms with Gasteiger partial charge in [-0.25, -0.2) is 4.79 Å². The summed E-state index contributed by atoms with van der Waals surface area (Å²) in [5.74, 6) is -1.02. The van der Waals surface area contributed by atoms with Crippen molar-refractivity contribution in [2.24, 2.45) is 11.8 Å². The van der Waals surface area contributed by atoms with Crippen LogP contribution in [-0.2, 0) is 4.79 Å². The van der Waals surface area contributed by atoms with E-state index in [4.69, 9.17) is 5.11 Å². The van der Waals surface area contributed by atoms with Gasteiger partial charge in [0.1, 0.15) is 0 Å². The first kappa shape index (κ1) is 15.8. The molecular weight excluding hydrogens is 244 g/mol. The van der Waals surface area contributed by atoms with E-state index >= 15 is 0 Å². The number of carbonyl (C=O) groups is 2. The van der Waals surface area contributed by atoms with E-state index in [1.165, 1.54) is 0 Å². The molecule has 0 unspecified atom stereocenters. The zero-order chi connectivity index (χ0) is 14.4. The Labute approximate surface area is 115 Å². The van der Waals surface area contributed by atoms with Crippen LogP contribution >= 0.6 is 0 Å². The molecule has 2 amide bonds. The summed E-state index contributed by atoms with van der Waals surface area (Å²) in [6.45, 7) is 7.01. The highest BCUT2D eigenvalue weighted by molar-refractivity contribution is 5.76. The Morgan fingerprint density at radius 1 is 1.37 bits per heavy atom. The molecule has 1 aliphatic heterocycles. The number of likely N-dealkylation sites (tertiary alicyclic amines) is 1. The molecule has 0 aliphatic carbocycles. The average molecular weight is 270 g/mol. The molecular formula is C14H26N2O3. The van der Waals surface area contributed by atoms with Crippen LogP contribution < -0.4 is 5.32 Å². The molecule has 2 N–H and O–H groups in total. The molecule has 0 aromatic heterocycles. The number of nitrogens with one attached hydrogen (secondary N) is 1. The lowest BCUT2D eigenvalue weighted by Gasteiger charge is -2.33. The van der Waals surface area contributed by atoms with Gasteiger partial charge in [0.15, 0.2) is 0 Å². The van der Waals surface area contributed by atoms with Gasteiger partial charge in [0, 0.05) is 19.1 Å². The fourth-order valence-corrected chi connectivity index (χ4v) is 2.55. The van der Waals surface area contributed by atoms with Crippen LogP contribution in [0.1, 0.15) is 46.5 Å². The lowest BCUT2D eigenvalue weighted by molar-refractivity contribution is -0.142. The predicted octanol–water partition coefficient (Wildman–Crippen LogP) is 2.32. The molecule has 0 aromatic rings. The Balaban J connectivity index is 2.44. The molecule has 1 rings (SSSR count). The van der Waals surface area contributed by atoms with Crippen molar-refractivity contribution >= 4 is 12.0 Å². The van der Waals surface area contributed by atoms with Crippen LogP contribution in [0.2, 0.25) is 0 Å². The van der Waals surface area contributed by atoms with Gasteiger partial charge in [-0.2, -0.15) is 0 Å². The first-order valence-corrected chi connectivity index (χ1v) is 7.19. The first-order valence-electron chi connectivity index (χ1n) is 7.19. The Morgan fingerprint density at radius 2 is 2.05 bits per heavy atom. The molecule has 0 aromatic carbocycles. The number of aliphatic carboxylic acids is 1. The average Bonchev–Trinajstić information content (AvgIpc) is 2.34. The summed E-state index contributed by atoms with van der Waals surface area (Å²) in [5, 5.41) is 11.9. The molecule has 1 fully saturated rings. The van der Waals surface area contributed by atoms with Crippen molar-refractivity contribution in [3.63, 3.8) is 0 Å². The van der Waals surface area contributed by atoms with Gasteiger partial charge >= 0.3 is 12.0 Å². The largest absolute Gasteiger partial charge is 0.481 e. The van der Waals surface area contributed by atoms with Gasteiger partial charge in [-0.15, -0.1) is 0 Å². The smallest absolute Gasteiger partial charge is 0.317 e. The number of carboxylic acids is 1. The summed E-state index contributed by atoms with van der Waals surface area (Å²) in [5.41, 5.74) is 0. The number of carbonyl (C=O) groups excluding carboxylic acids is 1. The second kappa shape index (κ2) is 7.36. The normalized spacial score (nSPS) is 21.3. The highest BCUT2D eigenvalue weighted by Gasteiger charge is 2.25. The standard InChI is InChI=1S/C14H26N2O3/c1-10(2)8-12(13(17)18)9-15-14(19)16-7-5-4-6-11(16)3/h10-12H,4-9H2,1-3H3,(H,15,19)(H,17,18)/t11-,12+/m1/s1. The summed E-state index contributed by atoms with van der Waals surface area (Å²) >= 11 is 0. The van der Waals surface area contributed by atoms with Crippen molar-refractivity contribution in [2.45, 2.75) is 52.5 Å². The van der Waals surface area contributed by atoms with Gasteiger partial charge in [0.05, 0.1) is 5.92 Å². The van der Waals surface area contributed by atoms with Crippen LogP contribution in [0.3, 0.4) is 0 Å². The second-order valence-corrected chi connectivity index (χ2v) is 5.89. The van der Waals surface area contributed by atoms with Gasteiger partial charge in [-0.05, 0) is 38.5 Å². The molecule has 0 bridgehead atoms. The lowest BCUT2D eigenvalue weighted by Crippen LogP contribution is -2.49. The Morgan fingerprint density at radius 3 is 2.58 bits per heavy atom. The Bertz CT molecular complexity index is 318. The van der Waals surface area contributed by atoms with Gasteiger partial charge in [-0.3, -0.25) is 4.79 Å². The SMILES string of the molecule is CC(C)C[C@@H](CNC(=O)N1CCCC[C@H]1C)C(=O)O. The van der Waals surface area contributed by atoms with Crippen LogP contribution in [0, 0.1) is 11.8 Å². The number of piperidine rings is 1. The molecule has 2 atom stereocenters. The minimum atomic E-state index is -0.833. The van der Waals surface area contributed by atoms with Crippen LogP contribution in [-0.4, -0.2) is 41.1 Å². The zero-order valence-electron chi connectivity index (χ0n) is 12.2. The summed E-state index contributed by atoms with van der Waals surface area (Å²) in [6.07, 6.45) is 3.81. The van der Waals surface area contributed by atoms with Crippen molar-refractivity contribution in [1.29, 1.82) is 0 Å². The number of rotatable bonds is 5. The molecule has 1 aliphatic rings. The maximum absolute atomic E-state index is 12.0. The maximum Gasteiger partial charge on any atom is 0.317 e. The molecule has 1 saturated heterocycles. The number of nitrogens with zero attached hydrogens (tertiary/aromatic N) is 1. The van der Waals surface area contributed by atoms with Crippen LogP contribution in [0.15, 0.2) is 0 Å². The van der Waals surface area contributed by atoms with E-state index in [9.17, 15) is 9.59 Å². The number of urea groups is 1. The molecule has 19 heavy (non-hydrogen) atoms. The van der Waals surface area contributed by atoms with Crippen molar-refractivity contribution in [1.82, 2.24) is 10.2 Å². The second-order valence-electron chi connectivity index (χ2n) is 5.89. The molecule has 5 nitrogen and oxygen atoms in total. The number of hydrogen-bond acceptors (Lipinski definition) is 2. The summed E-state index contributed by atoms with van der Waals surface area (Å²) in [6, 6.07) is 0.129. The van der Waals surface area contributed by atoms with E-state index in [1.807, 2.05) is 25.7 Å². The molecule has 110 valence electrons. The number of amides is 2. The van der Waals surface area contributed by atoms with Gasteiger partial charge < -0.3 is 15.3 Å². The Hall–Kier alpha value is -1.26. The minimum Gasteiger partial charge on any atom is -0.481 e. The van der Waals surface area contributed by atoms with E-state index in [2.05, 4.69) is 5.32 Å². The number of hydrogen-bond donors (Lipinski definition) is 2. The third-order valence-corrected chi connectivity index (χ3v) is 3.67. The van der Waals surface area contributed by atoms with Crippen molar-refractivity contribution in [2.75, 3.05) is 13.1 Å². The fourth-order valence-electron chi connectivity index (χ4n) is 2.55. The highest BCUT2D eigenvalue weighted by Crippen LogP contribution is 2.16. The van der Waals surface area contributed by atoms with Crippen molar-refractivity contribution in [3.8, 4) is 0 Å². The van der Waals surface area contributed by atoms with Gasteiger partial charge in [0.2, 0.25) is 0 Å². The third kappa shape index (κ3) is 5.09. The van der Waals surface area contributed by atoms with Gasteiger partial charge in [-0.1, -0.05) is 13.8 Å². The molecule has 0 spiro atoms. The van der Waals surface area contributed by atoms with E-state index in [0.29, 0.717) is 12.3 Å². The topological polar surface area (TPSA) is 69.6 Å². The van der Waals surface area contributed by atoms with E-state index in [-0.39, 0.29) is 18.6 Å². The zero-order valence-corrected chi connectivity index (χ0v) is 12.2. The Kier molecular flexibility index (Phi) is 6.12. The van der Waals surface area contributed by atoms with Crippen LogP contribution in [0.25, 0.3) is 0 Å². The summed E-state index contributed by atoms with van der Waals surface area (Å²) in [4.78, 5) is 25.0. The molecule has 0 radical (unpaired) electrons. The van der Waals surface area contributed by atoms with E-state index in [0.717, 1.165) is 25.8 Å². The lowest BCUT2D eigenvalue weighted by atomic mass is 9.97. The fraction of sp³-hybridized carbons (Fsp3) is 0.857. The first-order chi connectivity index (χ1) is 8.91. The molecule has 5 heteroatoms. The summed E-state index contributed by atoms with van der Waals surface area (Å²) in [7, 11) is 0. The quantitative estimate of drug-likeness (QED) is 0.805. The van der Waals surface area contributed by atoms with Crippen LogP contribution in [0.5, 0.6) is 0 Å². The summed E-state index contributed by atoms with van der Waals surface area (Å²) < 4.78 is 0. The van der Waals surface area contributed by atoms with Crippen molar-refractivity contribution in [3.05, 3.63) is 0 Å². The molecule has 0 saturated carbocycles. The monoisotopic (exact) mass is 270 g/mol. The predicted molar refractivity (Wildman–Crippen MR) is 74.0 cm³/mol. The maximum atomic E-state index is 12.0. The third-order valence-electron chi connectivity index (χ3n) is 3.67. The van der Waals surface area contributed by atoms with Crippen molar-refractivity contribution < 1.29 is 14.7 Å². The van der Waals surface area contributed by atoms with E-state index < -0.39 is 11.9 Å². The highest BCUT2D eigenvalue weighted by atomic mass is 16.4.